The van der Waals surface area contributed by atoms with Gasteiger partial charge in [0.05, 0.1) is 0 Å². The van der Waals surface area contributed by atoms with Crippen molar-refractivity contribution in [1.29, 1.82) is 5.41 Å². The first-order valence-electron chi connectivity index (χ1n) is 3.67. The molecule has 9 heavy (non-hydrogen) atoms. The number of hydrogen-bond donors (Lipinski definition) is 2. The van der Waals surface area contributed by atoms with Gasteiger partial charge in [-0.05, 0) is 12.8 Å². The van der Waals surface area contributed by atoms with E-state index in [9.17, 15) is 0 Å². The van der Waals surface area contributed by atoms with Crippen LogP contribution in [0, 0.1) is 5.41 Å². The van der Waals surface area contributed by atoms with Crippen LogP contribution in [0.1, 0.15) is 25.7 Å². The lowest BCUT2D eigenvalue weighted by molar-refractivity contribution is 0.520. The summed E-state index contributed by atoms with van der Waals surface area (Å²) in [5.41, 5.74) is 0.959. The van der Waals surface area contributed by atoms with Gasteiger partial charge in [0.1, 0.15) is 0 Å². The largest absolute Gasteiger partial charge is 0.310 e. The van der Waals surface area contributed by atoms with Crippen molar-refractivity contribution in [1.82, 2.24) is 5.32 Å². The molecule has 0 aromatic heterocycles. The summed E-state index contributed by atoms with van der Waals surface area (Å²) in [4.78, 5) is 0. The Morgan fingerprint density at radius 1 is 1.22 bits per heavy atom. The highest BCUT2D eigenvalue weighted by Gasteiger charge is 2.29. The van der Waals surface area contributed by atoms with E-state index in [0.717, 1.165) is 18.6 Å². The molecule has 0 saturated carbocycles. The van der Waals surface area contributed by atoms with Gasteiger partial charge in [0.25, 0.3) is 0 Å². The van der Waals surface area contributed by atoms with Gasteiger partial charge in [-0.1, -0.05) is 0 Å². The standard InChI is InChI=1S/C7H12N2/c8-5-3-6-1-2-7(4-5)9-6/h6-9H,1-4H2. The Hall–Kier alpha value is -0.370. The summed E-state index contributed by atoms with van der Waals surface area (Å²) in [5, 5.41) is 10.9. The van der Waals surface area contributed by atoms with Gasteiger partial charge in [0.2, 0.25) is 0 Å². The minimum absolute atomic E-state index is 0.663. The molecular weight excluding hydrogens is 112 g/mol. The number of rotatable bonds is 0. The average Bonchev–Trinajstić information content (AvgIpc) is 2.11. The first kappa shape index (κ1) is 5.42. The lowest BCUT2D eigenvalue weighted by Crippen LogP contribution is -2.37. The zero-order chi connectivity index (χ0) is 6.27. The summed E-state index contributed by atoms with van der Waals surface area (Å²) in [5.74, 6) is 0. The van der Waals surface area contributed by atoms with Crippen LogP contribution >= 0.6 is 0 Å². The maximum Gasteiger partial charge on any atom is 0.0122 e. The van der Waals surface area contributed by atoms with E-state index in [2.05, 4.69) is 5.32 Å². The number of piperidine rings is 1. The Balaban J connectivity index is 2.11. The molecule has 2 rings (SSSR count). The first-order valence-corrected chi connectivity index (χ1v) is 3.67. The molecule has 0 aliphatic carbocycles. The maximum atomic E-state index is 7.45. The molecule has 2 aliphatic rings. The summed E-state index contributed by atoms with van der Waals surface area (Å²) in [6.45, 7) is 0. The molecule has 2 atom stereocenters. The summed E-state index contributed by atoms with van der Waals surface area (Å²) < 4.78 is 0. The van der Waals surface area contributed by atoms with E-state index >= 15 is 0 Å². The molecule has 2 fully saturated rings. The third-order valence-electron chi connectivity index (χ3n) is 2.32. The number of nitrogens with one attached hydrogen (secondary N) is 2. The van der Waals surface area contributed by atoms with Crippen LogP contribution in [0.4, 0.5) is 0 Å². The topological polar surface area (TPSA) is 35.9 Å². The monoisotopic (exact) mass is 124 g/mol. The molecule has 0 spiro atoms. The Bertz CT molecular complexity index is 128. The molecule has 2 nitrogen and oxygen atoms in total. The van der Waals surface area contributed by atoms with Gasteiger partial charge in [0.15, 0.2) is 0 Å². The maximum absolute atomic E-state index is 7.45. The van der Waals surface area contributed by atoms with E-state index in [1.807, 2.05) is 0 Å². The van der Waals surface area contributed by atoms with Crippen molar-refractivity contribution in [3.63, 3.8) is 0 Å². The van der Waals surface area contributed by atoms with Gasteiger partial charge >= 0.3 is 0 Å². The van der Waals surface area contributed by atoms with Crippen LogP contribution in [0.15, 0.2) is 0 Å². The van der Waals surface area contributed by atoms with E-state index in [-0.39, 0.29) is 0 Å². The van der Waals surface area contributed by atoms with Crippen LogP contribution in [0.25, 0.3) is 0 Å². The van der Waals surface area contributed by atoms with Crippen LogP contribution in [-0.2, 0) is 0 Å². The number of fused-ring (bicyclic) bond motifs is 2. The van der Waals surface area contributed by atoms with Gasteiger partial charge in [0, 0.05) is 30.6 Å². The summed E-state index contributed by atoms with van der Waals surface area (Å²) in [6, 6.07) is 1.33. The Labute approximate surface area is 55.2 Å². The second kappa shape index (κ2) is 1.81. The van der Waals surface area contributed by atoms with Crippen LogP contribution in [0.3, 0.4) is 0 Å². The van der Waals surface area contributed by atoms with Crippen molar-refractivity contribution in [2.24, 2.45) is 0 Å². The minimum Gasteiger partial charge on any atom is -0.310 e. The molecule has 2 N–H and O–H groups in total. The van der Waals surface area contributed by atoms with Crippen molar-refractivity contribution < 1.29 is 0 Å². The van der Waals surface area contributed by atoms with Crippen LogP contribution in [-0.4, -0.2) is 17.8 Å². The summed E-state index contributed by atoms with van der Waals surface area (Å²) in [6.07, 6.45) is 4.62. The van der Waals surface area contributed by atoms with Crippen molar-refractivity contribution in [3.8, 4) is 0 Å². The van der Waals surface area contributed by atoms with Crippen molar-refractivity contribution in [2.45, 2.75) is 37.8 Å². The normalized spacial score (nSPS) is 41.6. The fourth-order valence-corrected chi connectivity index (χ4v) is 1.90. The van der Waals surface area contributed by atoms with Crippen molar-refractivity contribution in [2.75, 3.05) is 0 Å². The SMILES string of the molecule is N=C1CC2CCC(C1)N2. The highest BCUT2D eigenvalue weighted by Crippen LogP contribution is 2.23. The fourth-order valence-electron chi connectivity index (χ4n) is 1.90. The third-order valence-corrected chi connectivity index (χ3v) is 2.32. The second-order valence-corrected chi connectivity index (χ2v) is 3.15. The molecule has 2 saturated heterocycles. The van der Waals surface area contributed by atoms with E-state index in [1.54, 1.807) is 0 Å². The van der Waals surface area contributed by atoms with Crippen LogP contribution in [0.5, 0.6) is 0 Å². The van der Waals surface area contributed by atoms with E-state index in [1.165, 1.54) is 12.8 Å². The zero-order valence-corrected chi connectivity index (χ0v) is 5.48. The minimum atomic E-state index is 0.663. The molecule has 0 amide bonds. The molecule has 0 aromatic rings. The molecule has 50 valence electrons. The zero-order valence-electron chi connectivity index (χ0n) is 5.48. The predicted molar refractivity (Wildman–Crippen MR) is 36.9 cm³/mol. The first-order chi connectivity index (χ1) is 4.34. The highest BCUT2D eigenvalue weighted by molar-refractivity contribution is 5.83. The van der Waals surface area contributed by atoms with Gasteiger partial charge in [-0.15, -0.1) is 0 Å². The van der Waals surface area contributed by atoms with Crippen molar-refractivity contribution >= 4 is 5.71 Å². The molecule has 2 heteroatoms. The van der Waals surface area contributed by atoms with Crippen molar-refractivity contribution in [3.05, 3.63) is 0 Å². The highest BCUT2D eigenvalue weighted by atomic mass is 15.0. The van der Waals surface area contributed by atoms with Gasteiger partial charge in [-0.3, -0.25) is 0 Å². The molecule has 0 radical (unpaired) electrons. The summed E-state index contributed by atoms with van der Waals surface area (Å²) in [7, 11) is 0. The van der Waals surface area contributed by atoms with E-state index in [0.29, 0.717) is 12.1 Å². The molecule has 2 aliphatic heterocycles. The van der Waals surface area contributed by atoms with E-state index < -0.39 is 0 Å². The number of hydrogen-bond acceptors (Lipinski definition) is 2. The Morgan fingerprint density at radius 3 is 2.33 bits per heavy atom. The van der Waals surface area contributed by atoms with Crippen LogP contribution in [0.2, 0.25) is 0 Å². The second-order valence-electron chi connectivity index (χ2n) is 3.15. The molecule has 0 aromatic carbocycles. The van der Waals surface area contributed by atoms with E-state index in [4.69, 9.17) is 5.41 Å². The molecular formula is C7H12N2. The Morgan fingerprint density at radius 2 is 1.78 bits per heavy atom. The lowest BCUT2D eigenvalue weighted by Gasteiger charge is -2.20. The smallest absolute Gasteiger partial charge is 0.0122 e. The average molecular weight is 124 g/mol. The van der Waals surface area contributed by atoms with Crippen LogP contribution < -0.4 is 5.32 Å². The molecule has 2 unspecified atom stereocenters. The molecule has 2 heterocycles. The third kappa shape index (κ3) is 0.874. The van der Waals surface area contributed by atoms with Gasteiger partial charge in [-0.2, -0.15) is 0 Å². The molecule has 2 bridgehead atoms. The fraction of sp³-hybridized carbons (Fsp3) is 0.857. The quantitative estimate of drug-likeness (QED) is 0.495. The summed E-state index contributed by atoms with van der Waals surface area (Å²) >= 11 is 0. The Kier molecular flexibility index (Phi) is 1.09. The lowest BCUT2D eigenvalue weighted by atomic mass is 10.0. The van der Waals surface area contributed by atoms with Gasteiger partial charge < -0.3 is 10.7 Å². The predicted octanol–water partition coefficient (Wildman–Crippen LogP) is 0.921. The van der Waals surface area contributed by atoms with Gasteiger partial charge in [-0.25, -0.2) is 0 Å².